The number of carbonyl (C=O) groups is 2. The summed E-state index contributed by atoms with van der Waals surface area (Å²) in [5, 5.41) is 0. The Morgan fingerprint density at radius 3 is 2.40 bits per heavy atom. The van der Waals surface area contributed by atoms with Gasteiger partial charge in [-0.2, -0.15) is 0 Å². The van der Waals surface area contributed by atoms with Crippen LogP contribution in [0.25, 0.3) is 0 Å². The average molecular weight is 357 g/mol. The van der Waals surface area contributed by atoms with Crippen LogP contribution in [0.1, 0.15) is 12.5 Å². The number of halogens is 3. The zero-order valence-corrected chi connectivity index (χ0v) is 13.8. The highest BCUT2D eigenvalue weighted by molar-refractivity contribution is 5.89. The number of ether oxygens (including phenoxy) is 1. The predicted molar refractivity (Wildman–Crippen MR) is 81.7 cm³/mol. The van der Waals surface area contributed by atoms with Crippen LogP contribution < -0.4 is 4.74 Å². The summed E-state index contributed by atoms with van der Waals surface area (Å²) in [6, 6.07) is 4.61. The molecule has 2 aliphatic rings. The summed E-state index contributed by atoms with van der Waals surface area (Å²) in [5.41, 5.74) is 0.690. The molecule has 2 aliphatic heterocycles. The van der Waals surface area contributed by atoms with E-state index in [0.717, 1.165) is 0 Å². The Labute approximate surface area is 142 Å². The van der Waals surface area contributed by atoms with E-state index in [1.807, 2.05) is 0 Å². The summed E-state index contributed by atoms with van der Waals surface area (Å²) < 4.78 is 40.4. The number of likely N-dealkylation sites (N-methyl/N-ethyl adjacent to an activating group) is 1. The Bertz CT molecular complexity index is 677. The Morgan fingerprint density at radius 2 is 1.80 bits per heavy atom. The van der Waals surface area contributed by atoms with Crippen LogP contribution in [0.5, 0.6) is 5.75 Å². The van der Waals surface area contributed by atoms with Gasteiger partial charge in [0.05, 0.1) is 6.04 Å². The van der Waals surface area contributed by atoms with E-state index >= 15 is 0 Å². The van der Waals surface area contributed by atoms with E-state index in [1.54, 1.807) is 28.7 Å². The second-order valence-corrected chi connectivity index (χ2v) is 6.31. The molecular weight excluding hydrogens is 339 g/mol. The molecule has 0 N–H and O–H groups in total. The third-order valence-electron chi connectivity index (χ3n) is 4.48. The minimum Gasteiger partial charge on any atom is -0.406 e. The SMILES string of the molecule is C[C@H]1C(=O)N(C)C[C@H]2CN(Cc3ccc(OC(F)(F)F)cc3)C(=O)N21. The molecule has 0 aromatic heterocycles. The normalized spacial score (nSPS) is 24.0. The second kappa shape index (κ2) is 6.12. The Balaban J connectivity index is 1.68. The van der Waals surface area contributed by atoms with Crippen molar-refractivity contribution in [1.82, 2.24) is 14.7 Å². The quantitative estimate of drug-likeness (QED) is 0.832. The summed E-state index contributed by atoms with van der Waals surface area (Å²) in [6.45, 7) is 2.92. The predicted octanol–water partition coefficient (Wildman–Crippen LogP) is 2.05. The largest absolute Gasteiger partial charge is 0.573 e. The van der Waals surface area contributed by atoms with Gasteiger partial charge in [-0.15, -0.1) is 13.2 Å². The molecule has 136 valence electrons. The standard InChI is InChI=1S/C16H18F3N3O3/c1-10-14(23)20(2)8-12-9-21(15(24)22(10)12)7-11-3-5-13(6-4-11)25-16(17,18)19/h3-6,10,12H,7-9H2,1-2H3/t10-,12-/m0/s1. The van der Waals surface area contributed by atoms with Gasteiger partial charge in [-0.25, -0.2) is 4.79 Å². The van der Waals surface area contributed by atoms with Crippen molar-refractivity contribution in [3.05, 3.63) is 29.8 Å². The molecule has 2 saturated heterocycles. The summed E-state index contributed by atoms with van der Waals surface area (Å²) in [4.78, 5) is 29.4. The van der Waals surface area contributed by atoms with E-state index < -0.39 is 12.4 Å². The molecule has 1 aromatic carbocycles. The Hall–Kier alpha value is -2.45. The van der Waals surface area contributed by atoms with Gasteiger partial charge in [0.2, 0.25) is 5.91 Å². The van der Waals surface area contributed by atoms with Crippen LogP contribution in [-0.4, -0.2) is 65.2 Å². The van der Waals surface area contributed by atoms with Gasteiger partial charge in [0, 0.05) is 26.7 Å². The highest BCUT2D eigenvalue weighted by Crippen LogP contribution is 2.27. The molecule has 0 radical (unpaired) electrons. The van der Waals surface area contributed by atoms with Gasteiger partial charge in [-0.05, 0) is 24.6 Å². The molecule has 2 atom stereocenters. The first-order valence-electron chi connectivity index (χ1n) is 7.82. The van der Waals surface area contributed by atoms with Gasteiger partial charge >= 0.3 is 12.4 Å². The van der Waals surface area contributed by atoms with Gasteiger partial charge in [0.1, 0.15) is 11.8 Å². The van der Waals surface area contributed by atoms with Crippen LogP contribution in [-0.2, 0) is 11.3 Å². The van der Waals surface area contributed by atoms with E-state index in [9.17, 15) is 22.8 Å². The molecule has 1 aromatic rings. The van der Waals surface area contributed by atoms with Gasteiger partial charge in [-0.1, -0.05) is 12.1 Å². The summed E-state index contributed by atoms with van der Waals surface area (Å²) in [5.74, 6) is -0.401. The van der Waals surface area contributed by atoms with Crippen LogP contribution in [0.4, 0.5) is 18.0 Å². The van der Waals surface area contributed by atoms with Crippen molar-refractivity contribution in [1.29, 1.82) is 0 Å². The molecule has 2 heterocycles. The fourth-order valence-electron chi connectivity index (χ4n) is 3.36. The number of urea groups is 1. The number of carbonyl (C=O) groups excluding carboxylic acids is 2. The van der Waals surface area contributed by atoms with Crippen LogP contribution >= 0.6 is 0 Å². The lowest BCUT2D eigenvalue weighted by Crippen LogP contribution is -2.58. The second-order valence-electron chi connectivity index (χ2n) is 6.31. The number of rotatable bonds is 3. The summed E-state index contributed by atoms with van der Waals surface area (Å²) in [7, 11) is 1.71. The Kier molecular flexibility index (Phi) is 4.26. The van der Waals surface area contributed by atoms with E-state index in [2.05, 4.69) is 4.74 Å². The van der Waals surface area contributed by atoms with Crippen molar-refractivity contribution in [2.75, 3.05) is 20.1 Å². The smallest absolute Gasteiger partial charge is 0.406 e. The van der Waals surface area contributed by atoms with Crippen molar-refractivity contribution >= 4 is 11.9 Å². The third-order valence-corrected chi connectivity index (χ3v) is 4.48. The van der Waals surface area contributed by atoms with E-state index in [0.29, 0.717) is 18.7 Å². The molecule has 3 rings (SSSR count). The number of nitrogens with zero attached hydrogens (tertiary/aromatic N) is 3. The fraction of sp³-hybridized carbons (Fsp3) is 0.500. The first-order chi connectivity index (χ1) is 11.7. The van der Waals surface area contributed by atoms with Crippen LogP contribution in [0.3, 0.4) is 0 Å². The third kappa shape index (κ3) is 3.49. The summed E-state index contributed by atoms with van der Waals surface area (Å²) in [6.07, 6.45) is -4.73. The molecule has 3 amide bonds. The molecule has 2 fully saturated rings. The number of amides is 3. The number of hydrogen-bond donors (Lipinski definition) is 0. The Morgan fingerprint density at radius 1 is 1.16 bits per heavy atom. The highest BCUT2D eigenvalue weighted by Gasteiger charge is 2.46. The van der Waals surface area contributed by atoms with E-state index in [1.165, 1.54) is 24.3 Å². The van der Waals surface area contributed by atoms with Crippen molar-refractivity contribution in [3.63, 3.8) is 0 Å². The van der Waals surface area contributed by atoms with Crippen molar-refractivity contribution in [3.8, 4) is 5.75 Å². The zero-order chi connectivity index (χ0) is 18.4. The lowest BCUT2D eigenvalue weighted by atomic mass is 10.1. The van der Waals surface area contributed by atoms with Crippen molar-refractivity contribution in [2.45, 2.75) is 31.9 Å². The summed E-state index contributed by atoms with van der Waals surface area (Å²) >= 11 is 0. The molecule has 9 heteroatoms. The molecular formula is C16H18F3N3O3. The van der Waals surface area contributed by atoms with Crippen LogP contribution in [0, 0.1) is 0 Å². The zero-order valence-electron chi connectivity index (χ0n) is 13.8. The van der Waals surface area contributed by atoms with Crippen molar-refractivity contribution in [2.24, 2.45) is 0 Å². The number of piperazine rings is 1. The minimum absolute atomic E-state index is 0.0713. The maximum atomic E-state index is 12.6. The van der Waals surface area contributed by atoms with Crippen molar-refractivity contribution < 1.29 is 27.5 Å². The lowest BCUT2D eigenvalue weighted by Gasteiger charge is -2.38. The van der Waals surface area contributed by atoms with Gasteiger partial charge < -0.3 is 19.4 Å². The van der Waals surface area contributed by atoms with E-state index in [-0.39, 0.29) is 30.3 Å². The maximum Gasteiger partial charge on any atom is 0.573 e. The first-order valence-corrected chi connectivity index (χ1v) is 7.82. The number of hydrogen-bond acceptors (Lipinski definition) is 3. The molecule has 6 nitrogen and oxygen atoms in total. The number of alkyl halides is 3. The monoisotopic (exact) mass is 357 g/mol. The molecule has 0 spiro atoms. The first kappa shape index (κ1) is 17.4. The number of benzene rings is 1. The van der Waals surface area contributed by atoms with E-state index in [4.69, 9.17) is 0 Å². The fourth-order valence-corrected chi connectivity index (χ4v) is 3.36. The molecule has 0 saturated carbocycles. The van der Waals surface area contributed by atoms with Gasteiger partial charge in [-0.3, -0.25) is 4.79 Å². The molecule has 0 unspecified atom stereocenters. The highest BCUT2D eigenvalue weighted by atomic mass is 19.4. The molecule has 25 heavy (non-hydrogen) atoms. The maximum absolute atomic E-state index is 12.6. The van der Waals surface area contributed by atoms with Gasteiger partial charge in [0.15, 0.2) is 0 Å². The number of fused-ring (bicyclic) bond motifs is 1. The van der Waals surface area contributed by atoms with Crippen LogP contribution in [0.15, 0.2) is 24.3 Å². The average Bonchev–Trinajstić information content (AvgIpc) is 2.81. The topological polar surface area (TPSA) is 53.1 Å². The molecule has 0 aliphatic carbocycles. The van der Waals surface area contributed by atoms with Gasteiger partial charge in [0.25, 0.3) is 0 Å². The lowest BCUT2D eigenvalue weighted by molar-refractivity contribution is -0.274. The minimum atomic E-state index is -4.73. The van der Waals surface area contributed by atoms with Crippen LogP contribution in [0.2, 0.25) is 0 Å². The molecule has 0 bridgehead atoms.